The number of esters is 1. The van der Waals surface area contributed by atoms with Gasteiger partial charge in [-0.05, 0) is 50.1 Å². The van der Waals surface area contributed by atoms with Crippen LogP contribution in [0.2, 0.25) is 5.02 Å². The van der Waals surface area contributed by atoms with E-state index in [9.17, 15) is 24.0 Å². The number of benzene rings is 2. The van der Waals surface area contributed by atoms with Gasteiger partial charge in [0.1, 0.15) is 17.4 Å². The number of carbonyl (C=O) groups is 4. The van der Waals surface area contributed by atoms with Crippen LogP contribution in [0, 0.1) is 25.2 Å². The number of amides is 2. The van der Waals surface area contributed by atoms with Crippen LogP contribution in [-0.2, 0) is 25.7 Å². The van der Waals surface area contributed by atoms with Gasteiger partial charge in [0.15, 0.2) is 5.78 Å². The van der Waals surface area contributed by atoms with Crippen LogP contribution in [0.4, 0.5) is 11.4 Å². The number of hydrogen-bond donors (Lipinski definition) is 3. The Morgan fingerprint density at radius 2 is 1.77 bits per heavy atom. The number of ether oxygens (including phenoxy) is 2. The summed E-state index contributed by atoms with van der Waals surface area (Å²) in [6.07, 6.45) is 1.84. The Morgan fingerprint density at radius 3 is 2.42 bits per heavy atom. The maximum atomic E-state index is 13.5. The van der Waals surface area contributed by atoms with E-state index in [0.29, 0.717) is 18.7 Å². The summed E-state index contributed by atoms with van der Waals surface area (Å²) in [4.78, 5) is 66.4. The van der Waals surface area contributed by atoms with Gasteiger partial charge in [-0.3, -0.25) is 19.0 Å². The lowest BCUT2D eigenvalue weighted by atomic mass is 9.82. The van der Waals surface area contributed by atoms with E-state index >= 15 is 0 Å². The molecule has 2 amide bonds. The van der Waals surface area contributed by atoms with Crippen molar-refractivity contribution in [2.75, 3.05) is 24.4 Å². The third kappa shape index (κ3) is 8.81. The summed E-state index contributed by atoms with van der Waals surface area (Å²) in [5, 5.41) is 5.59. The molecule has 3 rings (SSSR count). The molecule has 1 heterocycles. The lowest BCUT2D eigenvalue weighted by Crippen LogP contribution is -2.41. The van der Waals surface area contributed by atoms with Gasteiger partial charge in [0.05, 0.1) is 24.4 Å². The van der Waals surface area contributed by atoms with E-state index in [1.165, 1.54) is 12.1 Å². The van der Waals surface area contributed by atoms with Crippen LogP contribution in [-0.4, -0.2) is 46.8 Å². The third-order valence-electron chi connectivity index (χ3n) is 6.64. The smallest absolute Gasteiger partial charge is 0.356 e. The van der Waals surface area contributed by atoms with Crippen molar-refractivity contribution in [1.82, 2.24) is 9.55 Å². The van der Waals surface area contributed by atoms with Gasteiger partial charge in [-0.1, -0.05) is 50.1 Å². The maximum absolute atomic E-state index is 13.5. The number of imidazole rings is 1. The van der Waals surface area contributed by atoms with Crippen LogP contribution >= 0.6 is 11.6 Å². The zero-order valence-corrected chi connectivity index (χ0v) is 25.9. The highest BCUT2D eigenvalue weighted by atomic mass is 35.5. The van der Waals surface area contributed by atoms with E-state index in [-0.39, 0.29) is 28.7 Å². The normalized spacial score (nSPS) is 11.9. The second kappa shape index (κ2) is 14.2. The van der Waals surface area contributed by atoms with Crippen molar-refractivity contribution < 1.29 is 28.7 Å². The first-order chi connectivity index (χ1) is 20.2. The van der Waals surface area contributed by atoms with Crippen LogP contribution in [0.1, 0.15) is 55.2 Å². The lowest BCUT2D eigenvalue weighted by Gasteiger charge is -2.25. The van der Waals surface area contributed by atoms with Crippen molar-refractivity contribution in [3.63, 3.8) is 0 Å². The first-order valence-electron chi connectivity index (χ1n) is 13.7. The molecule has 0 aliphatic heterocycles. The summed E-state index contributed by atoms with van der Waals surface area (Å²) in [7, 11) is 1.16. The van der Waals surface area contributed by atoms with E-state index in [1.54, 1.807) is 26.8 Å². The SMILES string of the molecule is COC(=O)c1c[nH]c(=O)n1CC(C(=O)Nc1cc(NC(=O)CCCOc2ccc(C)cc2C)ccc1Cl)C(=O)C(C)(C)C. The average molecular weight is 613 g/mol. The molecule has 1 atom stereocenters. The number of anilines is 2. The molecule has 230 valence electrons. The van der Waals surface area contributed by atoms with E-state index < -0.39 is 41.2 Å². The van der Waals surface area contributed by atoms with Gasteiger partial charge in [0, 0.05) is 30.3 Å². The molecule has 1 unspecified atom stereocenters. The molecule has 12 heteroatoms. The fraction of sp³-hybridized carbons (Fsp3) is 0.387. The van der Waals surface area contributed by atoms with Gasteiger partial charge in [-0.25, -0.2) is 9.59 Å². The summed E-state index contributed by atoms with van der Waals surface area (Å²) >= 11 is 6.34. The molecule has 0 aliphatic carbocycles. The molecule has 3 N–H and O–H groups in total. The molecular formula is C31H37ClN4O7. The Bertz CT molecular complexity index is 1570. The number of methoxy groups -OCH3 is 1. The number of hydrogen-bond acceptors (Lipinski definition) is 7. The molecule has 0 saturated heterocycles. The first-order valence-corrected chi connectivity index (χ1v) is 14.1. The number of nitrogens with zero attached hydrogens (tertiary/aromatic N) is 1. The summed E-state index contributed by atoms with van der Waals surface area (Å²) in [6.45, 7) is 8.86. The van der Waals surface area contributed by atoms with Crippen LogP contribution in [0.3, 0.4) is 0 Å². The van der Waals surface area contributed by atoms with Crippen molar-refractivity contribution in [3.05, 3.63) is 74.9 Å². The number of aryl methyl sites for hydroxylation is 2. The van der Waals surface area contributed by atoms with Crippen molar-refractivity contribution in [2.45, 2.75) is 54.0 Å². The number of ketones is 1. The Labute approximate surface area is 254 Å². The topological polar surface area (TPSA) is 149 Å². The number of aromatic amines is 1. The second-order valence-corrected chi connectivity index (χ2v) is 11.6. The van der Waals surface area contributed by atoms with Crippen LogP contribution in [0.15, 0.2) is 47.4 Å². The molecule has 0 bridgehead atoms. The first kappa shape index (κ1) is 33.1. The molecule has 0 fully saturated rings. The minimum absolute atomic E-state index is 0.130. The van der Waals surface area contributed by atoms with Crippen LogP contribution < -0.4 is 21.1 Å². The monoisotopic (exact) mass is 612 g/mol. The predicted octanol–water partition coefficient (Wildman–Crippen LogP) is 4.90. The number of aromatic nitrogens is 2. The van der Waals surface area contributed by atoms with Crippen molar-refractivity contribution in [3.8, 4) is 5.75 Å². The molecular weight excluding hydrogens is 576 g/mol. The zero-order valence-electron chi connectivity index (χ0n) is 25.1. The summed E-state index contributed by atoms with van der Waals surface area (Å²) in [5.41, 5.74) is 0.946. The zero-order chi connectivity index (χ0) is 31.9. The molecule has 0 spiro atoms. The number of rotatable bonds is 12. The molecule has 0 saturated carbocycles. The lowest BCUT2D eigenvalue weighted by molar-refractivity contribution is -0.137. The van der Waals surface area contributed by atoms with E-state index in [1.807, 2.05) is 32.0 Å². The molecule has 3 aromatic rings. The van der Waals surface area contributed by atoms with E-state index in [4.69, 9.17) is 21.1 Å². The molecule has 0 aliphatic rings. The number of H-pyrrole nitrogens is 1. The minimum Gasteiger partial charge on any atom is -0.493 e. The Morgan fingerprint density at radius 1 is 1.05 bits per heavy atom. The summed E-state index contributed by atoms with van der Waals surface area (Å²) < 4.78 is 11.5. The van der Waals surface area contributed by atoms with Crippen molar-refractivity contribution in [2.24, 2.45) is 11.3 Å². The minimum atomic E-state index is -1.36. The fourth-order valence-corrected chi connectivity index (χ4v) is 4.52. The van der Waals surface area contributed by atoms with E-state index in [0.717, 1.165) is 34.8 Å². The Kier molecular flexibility index (Phi) is 10.9. The Hall–Kier alpha value is -4.38. The molecule has 2 aromatic carbocycles. The van der Waals surface area contributed by atoms with Crippen LogP contribution in [0.25, 0.3) is 0 Å². The van der Waals surface area contributed by atoms with E-state index in [2.05, 4.69) is 15.6 Å². The number of carbonyl (C=O) groups excluding carboxylic acids is 4. The molecule has 11 nitrogen and oxygen atoms in total. The fourth-order valence-electron chi connectivity index (χ4n) is 4.36. The van der Waals surface area contributed by atoms with Crippen molar-refractivity contribution >= 4 is 46.5 Å². The number of nitrogens with one attached hydrogen (secondary N) is 3. The summed E-state index contributed by atoms with van der Waals surface area (Å²) in [5.74, 6) is -2.84. The number of halogens is 1. The van der Waals surface area contributed by atoms with Gasteiger partial charge >= 0.3 is 11.7 Å². The highest BCUT2D eigenvalue weighted by Gasteiger charge is 2.36. The third-order valence-corrected chi connectivity index (χ3v) is 6.97. The van der Waals surface area contributed by atoms with Gasteiger partial charge in [-0.15, -0.1) is 0 Å². The summed E-state index contributed by atoms with van der Waals surface area (Å²) in [6, 6.07) is 10.5. The van der Waals surface area contributed by atoms with Crippen molar-refractivity contribution in [1.29, 1.82) is 0 Å². The quantitative estimate of drug-likeness (QED) is 0.150. The van der Waals surface area contributed by atoms with Gasteiger partial charge < -0.3 is 25.1 Å². The standard InChI is InChI=1S/C31H37ClN4O7/c1-18-9-12-25(19(2)14-18)43-13-7-8-26(37)34-20-10-11-22(32)23(15-20)35-28(39)21(27(38)31(3,4)5)17-36-24(29(40)42-6)16-33-30(36)41/h9-12,14-16,21H,7-8,13,17H2,1-6H3,(H,33,41)(H,34,37)(H,35,39). The van der Waals surface area contributed by atoms with Gasteiger partial charge in [0.2, 0.25) is 11.8 Å². The molecule has 1 aromatic heterocycles. The molecule has 0 radical (unpaired) electrons. The highest BCUT2D eigenvalue weighted by Crippen LogP contribution is 2.28. The maximum Gasteiger partial charge on any atom is 0.356 e. The van der Waals surface area contributed by atoms with Gasteiger partial charge in [-0.2, -0.15) is 0 Å². The highest BCUT2D eigenvalue weighted by molar-refractivity contribution is 6.34. The van der Waals surface area contributed by atoms with Gasteiger partial charge in [0.25, 0.3) is 0 Å². The predicted molar refractivity (Wildman–Crippen MR) is 164 cm³/mol. The Balaban J connectivity index is 1.70. The second-order valence-electron chi connectivity index (χ2n) is 11.2. The largest absolute Gasteiger partial charge is 0.493 e. The molecule has 43 heavy (non-hydrogen) atoms. The van der Waals surface area contributed by atoms with Crippen LogP contribution in [0.5, 0.6) is 5.75 Å². The number of Topliss-reactive ketones (excluding diaryl/α,β-unsaturated/α-hetero) is 1. The average Bonchev–Trinajstić information content (AvgIpc) is 3.30.